The van der Waals surface area contributed by atoms with Gasteiger partial charge in [-0.3, -0.25) is 4.79 Å². The molecule has 3 rings (SSSR count). The Kier molecular flexibility index (Phi) is 8.23. The highest BCUT2D eigenvalue weighted by Crippen LogP contribution is 2.34. The van der Waals surface area contributed by atoms with Crippen molar-refractivity contribution in [3.63, 3.8) is 0 Å². The van der Waals surface area contributed by atoms with Gasteiger partial charge in [0, 0.05) is 5.56 Å². The number of carbonyl (C=O) groups is 3. The van der Waals surface area contributed by atoms with E-state index in [1.54, 1.807) is 20.8 Å². The predicted octanol–water partition coefficient (Wildman–Crippen LogP) is 4.50. The van der Waals surface area contributed by atoms with E-state index >= 15 is 0 Å². The molecule has 0 radical (unpaired) electrons. The van der Waals surface area contributed by atoms with Crippen molar-refractivity contribution < 1.29 is 28.3 Å². The molecule has 9 nitrogen and oxygen atoms in total. The Morgan fingerprint density at radius 1 is 1.03 bits per heavy atom. The zero-order valence-electron chi connectivity index (χ0n) is 18.6. The van der Waals surface area contributed by atoms with Gasteiger partial charge in [0.05, 0.1) is 24.5 Å². The van der Waals surface area contributed by atoms with E-state index in [4.69, 9.17) is 13.9 Å². The number of carbonyl (C=O) groups excluding carboxylic acids is 3. The molecule has 0 atom stereocenters. The fraction of sp³-hybridized carbons (Fsp3) is 0.318. The third-order valence-corrected chi connectivity index (χ3v) is 6.38. The number of thiophene rings is 1. The number of rotatable bonds is 9. The molecule has 33 heavy (non-hydrogen) atoms. The highest BCUT2D eigenvalue weighted by molar-refractivity contribution is 7.99. The first-order chi connectivity index (χ1) is 15.8. The van der Waals surface area contributed by atoms with Gasteiger partial charge >= 0.3 is 11.9 Å². The van der Waals surface area contributed by atoms with Gasteiger partial charge in [0.25, 0.3) is 5.22 Å². The van der Waals surface area contributed by atoms with Crippen LogP contribution in [0.4, 0.5) is 5.00 Å². The number of benzene rings is 1. The average molecular weight is 490 g/mol. The molecule has 2 heterocycles. The number of esters is 2. The molecule has 174 valence electrons. The minimum atomic E-state index is -0.621. The highest BCUT2D eigenvalue weighted by Gasteiger charge is 2.27. The van der Waals surface area contributed by atoms with Crippen molar-refractivity contribution in [1.82, 2.24) is 10.2 Å². The Labute approximate surface area is 198 Å². The number of thioether (sulfide) groups is 1. The monoisotopic (exact) mass is 489 g/mol. The largest absolute Gasteiger partial charge is 0.462 e. The van der Waals surface area contributed by atoms with E-state index in [1.165, 1.54) is 0 Å². The molecule has 0 bridgehead atoms. The summed E-state index contributed by atoms with van der Waals surface area (Å²) in [6, 6.07) is 7.63. The van der Waals surface area contributed by atoms with E-state index in [1.807, 2.05) is 31.2 Å². The summed E-state index contributed by atoms with van der Waals surface area (Å²) in [7, 11) is 0. The van der Waals surface area contributed by atoms with Crippen LogP contribution in [0.15, 0.2) is 33.9 Å². The molecule has 0 fully saturated rings. The second kappa shape index (κ2) is 11.1. The second-order valence-electron chi connectivity index (χ2n) is 6.78. The molecule has 2 aromatic heterocycles. The van der Waals surface area contributed by atoms with Crippen LogP contribution in [-0.2, 0) is 14.3 Å². The Hall–Kier alpha value is -3.18. The fourth-order valence-electron chi connectivity index (χ4n) is 2.81. The fourth-order valence-corrected chi connectivity index (χ4v) is 4.48. The lowest BCUT2D eigenvalue weighted by Crippen LogP contribution is -2.16. The highest BCUT2D eigenvalue weighted by atomic mass is 32.2. The molecular weight excluding hydrogens is 466 g/mol. The molecule has 0 saturated carbocycles. The van der Waals surface area contributed by atoms with Crippen LogP contribution < -0.4 is 5.32 Å². The summed E-state index contributed by atoms with van der Waals surface area (Å²) >= 11 is 2.03. The lowest BCUT2D eigenvalue weighted by Gasteiger charge is -2.06. The van der Waals surface area contributed by atoms with Crippen LogP contribution in [0.5, 0.6) is 0 Å². The first-order valence-electron chi connectivity index (χ1n) is 10.1. The van der Waals surface area contributed by atoms with E-state index in [0.29, 0.717) is 11.5 Å². The van der Waals surface area contributed by atoms with Crippen LogP contribution in [-0.4, -0.2) is 47.0 Å². The zero-order valence-corrected chi connectivity index (χ0v) is 20.2. The molecule has 0 aliphatic rings. The molecule has 1 aromatic carbocycles. The molecule has 0 unspecified atom stereocenters. The van der Waals surface area contributed by atoms with E-state index < -0.39 is 17.8 Å². The van der Waals surface area contributed by atoms with Gasteiger partial charge in [-0.1, -0.05) is 29.5 Å². The molecule has 0 aliphatic carbocycles. The number of aromatic nitrogens is 2. The number of ether oxygens (including phenoxy) is 2. The third kappa shape index (κ3) is 5.99. The van der Waals surface area contributed by atoms with Crippen LogP contribution in [0.1, 0.15) is 45.0 Å². The zero-order chi connectivity index (χ0) is 24.0. The Balaban J connectivity index is 1.70. The molecule has 3 aromatic rings. The number of aryl methyl sites for hydroxylation is 1. The molecule has 0 spiro atoms. The molecule has 0 saturated heterocycles. The summed E-state index contributed by atoms with van der Waals surface area (Å²) in [6.45, 7) is 7.31. The standard InChI is InChI=1S/C22H23N3O6S2/c1-5-29-20(27)16-13(4)17(21(28)30-6-2)33-19(16)23-15(26)11-32-22-25-24-18(31-22)14-9-7-12(3)8-10-14/h7-10H,5-6,11H2,1-4H3,(H,23,26). The number of anilines is 1. The summed E-state index contributed by atoms with van der Waals surface area (Å²) in [4.78, 5) is 37.5. The summed E-state index contributed by atoms with van der Waals surface area (Å²) < 4.78 is 15.8. The smallest absolute Gasteiger partial charge is 0.348 e. The van der Waals surface area contributed by atoms with E-state index in [-0.39, 0.29) is 39.6 Å². The summed E-state index contributed by atoms with van der Waals surface area (Å²) in [5.41, 5.74) is 2.44. The van der Waals surface area contributed by atoms with Crippen LogP contribution >= 0.6 is 23.1 Å². The van der Waals surface area contributed by atoms with Gasteiger partial charge in [-0.25, -0.2) is 9.59 Å². The minimum absolute atomic E-state index is 0.0382. The maximum Gasteiger partial charge on any atom is 0.348 e. The summed E-state index contributed by atoms with van der Waals surface area (Å²) in [6.07, 6.45) is 0. The Morgan fingerprint density at radius 3 is 2.36 bits per heavy atom. The first-order valence-corrected chi connectivity index (χ1v) is 11.9. The molecule has 1 N–H and O–H groups in total. The van der Waals surface area contributed by atoms with E-state index in [2.05, 4.69) is 15.5 Å². The normalized spacial score (nSPS) is 10.7. The number of nitrogens with one attached hydrogen (secondary N) is 1. The predicted molar refractivity (Wildman–Crippen MR) is 125 cm³/mol. The van der Waals surface area contributed by atoms with Crippen molar-refractivity contribution in [2.24, 2.45) is 0 Å². The molecule has 11 heteroatoms. The van der Waals surface area contributed by atoms with Crippen molar-refractivity contribution in [3.05, 3.63) is 45.8 Å². The maximum absolute atomic E-state index is 12.6. The molecular formula is C22H23N3O6S2. The topological polar surface area (TPSA) is 121 Å². The van der Waals surface area contributed by atoms with Crippen LogP contribution in [0, 0.1) is 13.8 Å². The van der Waals surface area contributed by atoms with Crippen LogP contribution in [0.3, 0.4) is 0 Å². The Bertz CT molecular complexity index is 1150. The van der Waals surface area contributed by atoms with Gasteiger partial charge in [-0.2, -0.15) is 0 Å². The van der Waals surface area contributed by atoms with Gasteiger partial charge in [-0.15, -0.1) is 21.5 Å². The quantitative estimate of drug-likeness (QED) is 0.342. The van der Waals surface area contributed by atoms with Crippen LogP contribution in [0.25, 0.3) is 11.5 Å². The van der Waals surface area contributed by atoms with Crippen molar-refractivity contribution in [3.8, 4) is 11.5 Å². The average Bonchev–Trinajstić information content (AvgIpc) is 3.38. The van der Waals surface area contributed by atoms with Crippen molar-refractivity contribution in [2.45, 2.75) is 32.9 Å². The van der Waals surface area contributed by atoms with Gasteiger partial charge < -0.3 is 19.2 Å². The van der Waals surface area contributed by atoms with Crippen molar-refractivity contribution in [2.75, 3.05) is 24.3 Å². The van der Waals surface area contributed by atoms with Gasteiger partial charge in [0.1, 0.15) is 9.88 Å². The Morgan fingerprint density at radius 2 is 1.70 bits per heavy atom. The van der Waals surface area contributed by atoms with E-state index in [0.717, 1.165) is 34.2 Å². The molecule has 0 aliphatic heterocycles. The summed E-state index contributed by atoms with van der Waals surface area (Å²) in [5.74, 6) is -1.27. The van der Waals surface area contributed by atoms with Crippen molar-refractivity contribution >= 4 is 45.9 Å². The lowest BCUT2D eigenvalue weighted by atomic mass is 10.1. The lowest BCUT2D eigenvalue weighted by molar-refractivity contribution is -0.113. The number of hydrogen-bond acceptors (Lipinski definition) is 10. The second-order valence-corrected chi connectivity index (χ2v) is 8.72. The van der Waals surface area contributed by atoms with Gasteiger partial charge in [-0.05, 0) is 45.4 Å². The van der Waals surface area contributed by atoms with E-state index in [9.17, 15) is 14.4 Å². The third-order valence-electron chi connectivity index (χ3n) is 4.37. The minimum Gasteiger partial charge on any atom is -0.462 e. The number of hydrogen-bond donors (Lipinski definition) is 1. The number of nitrogens with zero attached hydrogens (tertiary/aromatic N) is 2. The maximum atomic E-state index is 12.6. The molecule has 1 amide bonds. The summed E-state index contributed by atoms with van der Waals surface area (Å²) in [5, 5.41) is 11.1. The SMILES string of the molecule is CCOC(=O)c1sc(NC(=O)CSc2nnc(-c3ccc(C)cc3)o2)c(C(=O)OCC)c1C. The van der Waals surface area contributed by atoms with Crippen LogP contribution in [0.2, 0.25) is 0 Å². The number of amides is 1. The van der Waals surface area contributed by atoms with Crippen molar-refractivity contribution in [1.29, 1.82) is 0 Å². The first kappa shape index (κ1) is 24.5. The van der Waals surface area contributed by atoms with Gasteiger partial charge in [0.15, 0.2) is 0 Å². The van der Waals surface area contributed by atoms with Gasteiger partial charge in [0.2, 0.25) is 11.8 Å².